The van der Waals surface area contributed by atoms with E-state index < -0.39 is 9.84 Å². The highest BCUT2D eigenvalue weighted by Crippen LogP contribution is 2.11. The van der Waals surface area contributed by atoms with E-state index in [-0.39, 0.29) is 5.75 Å². The molecule has 0 aliphatic heterocycles. The molecule has 1 N–H and O–H groups in total. The Hall–Kier alpha value is -0.600. The van der Waals surface area contributed by atoms with Crippen LogP contribution in [0.5, 0.6) is 0 Å². The van der Waals surface area contributed by atoms with E-state index in [1.807, 2.05) is 7.05 Å². The van der Waals surface area contributed by atoms with E-state index >= 15 is 0 Å². The van der Waals surface area contributed by atoms with Crippen LogP contribution in [0.4, 0.5) is 0 Å². The maximum absolute atomic E-state index is 10.8. The van der Waals surface area contributed by atoms with Crippen molar-refractivity contribution in [1.29, 1.82) is 0 Å². The molecule has 0 spiro atoms. The quantitative estimate of drug-likeness (QED) is 0.530. The fourth-order valence-electron chi connectivity index (χ4n) is 1.01. The number of nitrogens with zero attached hydrogens (tertiary/aromatic N) is 3. The molecule has 1 aromatic rings. The maximum Gasteiger partial charge on any atom is 0.185 e. The predicted molar refractivity (Wildman–Crippen MR) is 64.3 cm³/mol. The minimum absolute atomic E-state index is 0.182. The number of hydrogen-bond donors (Lipinski definition) is 1. The van der Waals surface area contributed by atoms with Gasteiger partial charge in [-0.1, -0.05) is 11.8 Å². The SMILES string of the molecule is Cn1ncnc1SCCNCCS(C)(=O)=O. The van der Waals surface area contributed by atoms with Gasteiger partial charge in [0.05, 0.1) is 5.75 Å². The van der Waals surface area contributed by atoms with Crippen LogP contribution in [0.25, 0.3) is 0 Å². The van der Waals surface area contributed by atoms with Crippen LogP contribution in [0.2, 0.25) is 0 Å². The molecule has 0 fully saturated rings. The molecule has 92 valence electrons. The number of nitrogens with one attached hydrogen (secondary N) is 1. The molecule has 0 atom stereocenters. The molecule has 0 radical (unpaired) electrons. The van der Waals surface area contributed by atoms with Gasteiger partial charge < -0.3 is 5.32 Å². The van der Waals surface area contributed by atoms with Gasteiger partial charge >= 0.3 is 0 Å². The maximum atomic E-state index is 10.8. The van der Waals surface area contributed by atoms with Crippen molar-refractivity contribution in [3.8, 4) is 0 Å². The Morgan fingerprint density at radius 3 is 2.81 bits per heavy atom. The van der Waals surface area contributed by atoms with E-state index in [9.17, 15) is 8.42 Å². The molecule has 0 aliphatic rings. The van der Waals surface area contributed by atoms with Crippen LogP contribution >= 0.6 is 11.8 Å². The van der Waals surface area contributed by atoms with Gasteiger partial charge in [0.2, 0.25) is 0 Å². The fraction of sp³-hybridized carbons (Fsp3) is 0.750. The third kappa shape index (κ3) is 5.47. The number of sulfone groups is 1. The van der Waals surface area contributed by atoms with Crippen molar-refractivity contribution in [2.75, 3.05) is 30.9 Å². The van der Waals surface area contributed by atoms with Crippen LogP contribution in [0.3, 0.4) is 0 Å². The highest BCUT2D eigenvalue weighted by molar-refractivity contribution is 7.99. The van der Waals surface area contributed by atoms with Gasteiger partial charge in [-0.2, -0.15) is 5.10 Å². The summed E-state index contributed by atoms with van der Waals surface area (Å²) in [6.45, 7) is 1.26. The molecular formula is C8H16N4O2S2. The van der Waals surface area contributed by atoms with Gasteiger partial charge in [-0.25, -0.2) is 18.1 Å². The third-order valence-electron chi connectivity index (χ3n) is 1.83. The minimum Gasteiger partial charge on any atom is -0.315 e. The zero-order valence-electron chi connectivity index (χ0n) is 9.38. The van der Waals surface area contributed by atoms with E-state index in [2.05, 4.69) is 15.4 Å². The molecular weight excluding hydrogens is 248 g/mol. The molecule has 0 bridgehead atoms. The van der Waals surface area contributed by atoms with Crippen LogP contribution in [0.15, 0.2) is 11.5 Å². The standard InChI is InChI=1S/C8H16N4O2S2/c1-12-8(10-7-11-12)15-5-3-9-4-6-16(2,13)14/h7,9H,3-6H2,1-2H3. The van der Waals surface area contributed by atoms with Crippen molar-refractivity contribution in [1.82, 2.24) is 20.1 Å². The molecule has 6 nitrogen and oxygen atoms in total. The second-order valence-electron chi connectivity index (χ2n) is 3.39. The molecule has 0 saturated heterocycles. The van der Waals surface area contributed by atoms with Gasteiger partial charge in [0.25, 0.3) is 0 Å². The molecule has 0 aromatic carbocycles. The Labute approximate surface area is 99.7 Å². The summed E-state index contributed by atoms with van der Waals surface area (Å²) in [4.78, 5) is 4.06. The average Bonchev–Trinajstić information content (AvgIpc) is 2.56. The molecule has 16 heavy (non-hydrogen) atoms. The summed E-state index contributed by atoms with van der Waals surface area (Å²) in [5.41, 5.74) is 0. The van der Waals surface area contributed by atoms with Gasteiger partial charge in [0, 0.05) is 32.1 Å². The third-order valence-corrected chi connectivity index (χ3v) is 3.81. The Morgan fingerprint density at radius 1 is 1.50 bits per heavy atom. The molecule has 0 unspecified atom stereocenters. The number of rotatable bonds is 7. The lowest BCUT2D eigenvalue weighted by Crippen LogP contribution is -2.24. The van der Waals surface area contributed by atoms with E-state index in [0.717, 1.165) is 17.5 Å². The molecule has 0 aliphatic carbocycles. The first-order valence-electron chi connectivity index (χ1n) is 4.84. The summed E-state index contributed by atoms with van der Waals surface area (Å²) in [5, 5.41) is 7.88. The van der Waals surface area contributed by atoms with Crippen molar-refractivity contribution in [3.05, 3.63) is 6.33 Å². The van der Waals surface area contributed by atoms with Crippen molar-refractivity contribution < 1.29 is 8.42 Å². The summed E-state index contributed by atoms with van der Waals surface area (Å²) < 4.78 is 23.4. The summed E-state index contributed by atoms with van der Waals surface area (Å²) in [6.07, 6.45) is 2.75. The first-order valence-corrected chi connectivity index (χ1v) is 7.89. The smallest absolute Gasteiger partial charge is 0.185 e. The second-order valence-corrected chi connectivity index (χ2v) is 6.72. The lowest BCUT2D eigenvalue weighted by molar-refractivity contribution is 0.598. The molecule has 1 rings (SSSR count). The number of hydrogen-bond acceptors (Lipinski definition) is 6. The Bertz CT molecular complexity index is 415. The normalized spacial score (nSPS) is 11.9. The van der Waals surface area contributed by atoms with E-state index in [0.29, 0.717) is 6.54 Å². The fourth-order valence-corrected chi connectivity index (χ4v) is 2.31. The Balaban J connectivity index is 2.07. The van der Waals surface area contributed by atoms with Crippen LogP contribution in [-0.4, -0.2) is 54.0 Å². The van der Waals surface area contributed by atoms with Crippen molar-refractivity contribution in [3.63, 3.8) is 0 Å². The first kappa shape index (κ1) is 13.5. The molecule has 0 saturated carbocycles. The van der Waals surface area contributed by atoms with Crippen molar-refractivity contribution in [2.45, 2.75) is 5.16 Å². The summed E-state index contributed by atoms with van der Waals surface area (Å²) in [6, 6.07) is 0. The zero-order valence-corrected chi connectivity index (χ0v) is 11.0. The predicted octanol–water partition coefficient (Wildman–Crippen LogP) is -0.459. The first-order chi connectivity index (χ1) is 7.49. The number of thioether (sulfide) groups is 1. The lowest BCUT2D eigenvalue weighted by Gasteiger charge is -2.03. The summed E-state index contributed by atoms with van der Waals surface area (Å²) >= 11 is 1.59. The van der Waals surface area contributed by atoms with Crippen LogP contribution in [-0.2, 0) is 16.9 Å². The highest BCUT2D eigenvalue weighted by atomic mass is 32.2. The molecule has 8 heteroatoms. The summed E-state index contributed by atoms with van der Waals surface area (Å²) in [7, 11) is -1.02. The highest BCUT2D eigenvalue weighted by Gasteiger charge is 2.02. The van der Waals surface area contributed by atoms with Crippen LogP contribution < -0.4 is 5.32 Å². The number of aryl methyl sites for hydroxylation is 1. The van der Waals surface area contributed by atoms with E-state index in [1.54, 1.807) is 16.4 Å². The van der Waals surface area contributed by atoms with E-state index in [1.165, 1.54) is 12.6 Å². The van der Waals surface area contributed by atoms with Crippen LogP contribution in [0.1, 0.15) is 0 Å². The van der Waals surface area contributed by atoms with Gasteiger partial charge in [0.1, 0.15) is 16.2 Å². The topological polar surface area (TPSA) is 76.9 Å². The van der Waals surface area contributed by atoms with Gasteiger partial charge in [-0.05, 0) is 0 Å². The monoisotopic (exact) mass is 264 g/mol. The van der Waals surface area contributed by atoms with E-state index in [4.69, 9.17) is 0 Å². The molecule has 1 heterocycles. The second kappa shape index (κ2) is 6.21. The zero-order chi connectivity index (χ0) is 12.0. The largest absolute Gasteiger partial charge is 0.315 e. The van der Waals surface area contributed by atoms with Gasteiger partial charge in [0.15, 0.2) is 5.16 Å². The molecule has 1 aromatic heterocycles. The van der Waals surface area contributed by atoms with Gasteiger partial charge in [-0.3, -0.25) is 0 Å². The number of aromatic nitrogens is 3. The van der Waals surface area contributed by atoms with Crippen molar-refractivity contribution >= 4 is 21.6 Å². The average molecular weight is 264 g/mol. The van der Waals surface area contributed by atoms with Gasteiger partial charge in [-0.15, -0.1) is 0 Å². The van der Waals surface area contributed by atoms with Crippen molar-refractivity contribution in [2.24, 2.45) is 7.05 Å². The minimum atomic E-state index is -2.86. The van der Waals surface area contributed by atoms with Crippen LogP contribution in [0, 0.1) is 0 Å². The molecule has 0 amide bonds. The Kier molecular flexibility index (Phi) is 5.23. The lowest BCUT2D eigenvalue weighted by atomic mass is 10.7. The Morgan fingerprint density at radius 2 is 2.25 bits per heavy atom. The summed E-state index contributed by atoms with van der Waals surface area (Å²) in [5.74, 6) is 1.03.